The van der Waals surface area contributed by atoms with Gasteiger partial charge in [0.2, 0.25) is 5.91 Å². The zero-order valence-corrected chi connectivity index (χ0v) is 14.7. The molecule has 0 radical (unpaired) electrons. The fraction of sp³-hybridized carbons (Fsp3) is 0.250. The van der Waals surface area contributed by atoms with E-state index in [1.165, 1.54) is 5.01 Å². The number of amides is 2. The van der Waals surface area contributed by atoms with Crippen LogP contribution in [0.2, 0.25) is 0 Å². The summed E-state index contributed by atoms with van der Waals surface area (Å²) in [5, 5.41) is 8.53. The van der Waals surface area contributed by atoms with Crippen LogP contribution < -0.4 is 10.3 Å². The molecule has 0 atom stereocenters. The predicted molar refractivity (Wildman–Crippen MR) is 99.9 cm³/mol. The van der Waals surface area contributed by atoms with Crippen LogP contribution in [0.3, 0.4) is 0 Å². The highest BCUT2D eigenvalue weighted by molar-refractivity contribution is 6.44. The highest BCUT2D eigenvalue weighted by Gasteiger charge is 2.25. The van der Waals surface area contributed by atoms with Gasteiger partial charge in [-0.25, -0.2) is 5.01 Å². The van der Waals surface area contributed by atoms with Gasteiger partial charge >= 0.3 is 0 Å². The van der Waals surface area contributed by atoms with Crippen LogP contribution in [0.5, 0.6) is 0 Å². The van der Waals surface area contributed by atoms with Gasteiger partial charge < -0.3 is 5.32 Å². The number of hydrazone groups is 1. The topological polar surface area (TPSA) is 61.8 Å². The summed E-state index contributed by atoms with van der Waals surface area (Å²) in [6, 6.07) is 13.3. The minimum absolute atomic E-state index is 0.105. The summed E-state index contributed by atoms with van der Waals surface area (Å²) >= 11 is 0. The summed E-state index contributed by atoms with van der Waals surface area (Å²) in [7, 11) is 0. The quantitative estimate of drug-likeness (QED) is 0.929. The molecule has 3 rings (SSSR count). The van der Waals surface area contributed by atoms with Crippen LogP contribution in [0.4, 0.5) is 11.4 Å². The van der Waals surface area contributed by atoms with Gasteiger partial charge in [-0.1, -0.05) is 29.8 Å². The first-order valence-electron chi connectivity index (χ1n) is 8.30. The smallest absolute Gasteiger partial charge is 0.271 e. The van der Waals surface area contributed by atoms with Crippen molar-refractivity contribution in [1.29, 1.82) is 0 Å². The molecular weight excluding hydrogens is 314 g/mol. The minimum atomic E-state index is -0.265. The van der Waals surface area contributed by atoms with Crippen molar-refractivity contribution >= 4 is 28.9 Å². The van der Waals surface area contributed by atoms with Crippen molar-refractivity contribution < 1.29 is 9.59 Å². The molecule has 1 aliphatic rings. The minimum Gasteiger partial charge on any atom is -0.321 e. The van der Waals surface area contributed by atoms with Crippen molar-refractivity contribution in [1.82, 2.24) is 0 Å². The highest BCUT2D eigenvalue weighted by atomic mass is 16.2. The molecule has 2 aromatic rings. The van der Waals surface area contributed by atoms with E-state index >= 15 is 0 Å². The fourth-order valence-electron chi connectivity index (χ4n) is 2.69. The molecular formula is C20H21N3O2. The van der Waals surface area contributed by atoms with E-state index in [0.29, 0.717) is 17.8 Å². The van der Waals surface area contributed by atoms with Crippen molar-refractivity contribution in [3.63, 3.8) is 0 Å². The third-order valence-electron chi connectivity index (χ3n) is 4.43. The molecule has 0 aromatic heterocycles. The van der Waals surface area contributed by atoms with Gasteiger partial charge in [0.1, 0.15) is 5.71 Å². The first-order chi connectivity index (χ1) is 12.0. The number of hydrogen-bond acceptors (Lipinski definition) is 3. The van der Waals surface area contributed by atoms with E-state index in [0.717, 1.165) is 22.4 Å². The largest absolute Gasteiger partial charge is 0.321 e. The SMILES string of the molecule is Cc1ccc(N2N=C(C(=O)Nc3cccc(C)c3C)CCC2=O)cc1. The molecule has 1 heterocycles. The van der Waals surface area contributed by atoms with Gasteiger partial charge in [-0.15, -0.1) is 0 Å². The zero-order chi connectivity index (χ0) is 18.0. The van der Waals surface area contributed by atoms with E-state index in [1.54, 1.807) is 0 Å². The zero-order valence-electron chi connectivity index (χ0n) is 14.7. The van der Waals surface area contributed by atoms with Gasteiger partial charge in [0.25, 0.3) is 5.91 Å². The van der Waals surface area contributed by atoms with Crippen LogP contribution in [0.1, 0.15) is 29.5 Å². The van der Waals surface area contributed by atoms with Gasteiger partial charge in [-0.3, -0.25) is 9.59 Å². The maximum Gasteiger partial charge on any atom is 0.271 e. The monoisotopic (exact) mass is 335 g/mol. The number of nitrogens with zero attached hydrogens (tertiary/aromatic N) is 2. The molecule has 1 aliphatic heterocycles. The summed E-state index contributed by atoms with van der Waals surface area (Å²) in [6.07, 6.45) is 0.616. The number of carbonyl (C=O) groups excluding carboxylic acids is 2. The third kappa shape index (κ3) is 3.60. The molecule has 0 saturated carbocycles. The molecule has 2 amide bonds. The van der Waals surface area contributed by atoms with Gasteiger partial charge in [0.05, 0.1) is 5.69 Å². The van der Waals surface area contributed by atoms with E-state index in [2.05, 4.69) is 10.4 Å². The predicted octanol–water partition coefficient (Wildman–Crippen LogP) is 3.73. The van der Waals surface area contributed by atoms with E-state index in [9.17, 15) is 9.59 Å². The van der Waals surface area contributed by atoms with Crippen molar-refractivity contribution in [2.45, 2.75) is 33.6 Å². The highest BCUT2D eigenvalue weighted by Crippen LogP contribution is 2.22. The maximum atomic E-state index is 12.6. The molecule has 128 valence electrons. The van der Waals surface area contributed by atoms with Crippen molar-refractivity contribution in [3.05, 3.63) is 59.2 Å². The van der Waals surface area contributed by atoms with Crippen LogP contribution in [0.15, 0.2) is 47.6 Å². The fourth-order valence-corrected chi connectivity index (χ4v) is 2.69. The lowest BCUT2D eigenvalue weighted by molar-refractivity contribution is -0.118. The average Bonchev–Trinajstić information content (AvgIpc) is 2.60. The molecule has 0 saturated heterocycles. The normalized spacial score (nSPS) is 14.3. The average molecular weight is 335 g/mol. The molecule has 0 bridgehead atoms. The second-order valence-corrected chi connectivity index (χ2v) is 6.29. The van der Waals surface area contributed by atoms with E-state index < -0.39 is 0 Å². The van der Waals surface area contributed by atoms with Gasteiger partial charge in [0, 0.05) is 18.5 Å². The summed E-state index contributed by atoms with van der Waals surface area (Å²) in [4.78, 5) is 24.8. The molecule has 5 heteroatoms. The lowest BCUT2D eigenvalue weighted by Gasteiger charge is -2.23. The Kier molecular flexibility index (Phi) is 4.65. The number of aryl methyl sites for hydroxylation is 2. The number of hydrogen-bond donors (Lipinski definition) is 1. The second-order valence-electron chi connectivity index (χ2n) is 6.29. The number of benzene rings is 2. The number of nitrogens with one attached hydrogen (secondary N) is 1. The Morgan fingerprint density at radius 2 is 1.76 bits per heavy atom. The van der Waals surface area contributed by atoms with Gasteiger partial charge in [-0.05, 0) is 50.1 Å². The number of carbonyl (C=O) groups is 2. The van der Waals surface area contributed by atoms with Crippen LogP contribution in [-0.2, 0) is 9.59 Å². The van der Waals surface area contributed by atoms with Crippen molar-refractivity contribution in [3.8, 4) is 0 Å². The Morgan fingerprint density at radius 3 is 2.48 bits per heavy atom. The summed E-state index contributed by atoms with van der Waals surface area (Å²) in [5.41, 5.74) is 5.04. The molecule has 2 aromatic carbocycles. The Balaban J connectivity index is 1.84. The molecule has 25 heavy (non-hydrogen) atoms. The molecule has 0 fully saturated rings. The van der Waals surface area contributed by atoms with Crippen LogP contribution in [-0.4, -0.2) is 17.5 Å². The van der Waals surface area contributed by atoms with E-state index in [1.807, 2.05) is 63.2 Å². The lowest BCUT2D eigenvalue weighted by Crippen LogP contribution is -2.36. The molecule has 0 aliphatic carbocycles. The Labute approximate surface area is 147 Å². The van der Waals surface area contributed by atoms with Crippen LogP contribution in [0, 0.1) is 20.8 Å². The summed E-state index contributed by atoms with van der Waals surface area (Å²) < 4.78 is 0. The Bertz CT molecular complexity index is 854. The van der Waals surface area contributed by atoms with Crippen LogP contribution >= 0.6 is 0 Å². The van der Waals surface area contributed by atoms with Gasteiger partial charge in [0.15, 0.2) is 0 Å². The Morgan fingerprint density at radius 1 is 1.04 bits per heavy atom. The number of anilines is 2. The maximum absolute atomic E-state index is 12.6. The van der Waals surface area contributed by atoms with E-state index in [-0.39, 0.29) is 18.2 Å². The summed E-state index contributed by atoms with van der Waals surface area (Å²) in [6.45, 7) is 5.95. The van der Waals surface area contributed by atoms with Gasteiger partial charge in [-0.2, -0.15) is 5.10 Å². The molecule has 0 spiro atoms. The molecule has 0 unspecified atom stereocenters. The molecule has 5 nitrogen and oxygen atoms in total. The lowest BCUT2D eigenvalue weighted by atomic mass is 10.1. The number of rotatable bonds is 3. The first-order valence-corrected chi connectivity index (χ1v) is 8.30. The Hall–Kier alpha value is -2.95. The van der Waals surface area contributed by atoms with E-state index in [4.69, 9.17) is 0 Å². The first kappa shape index (κ1) is 16.9. The summed E-state index contributed by atoms with van der Waals surface area (Å²) in [5.74, 6) is -0.370. The van der Waals surface area contributed by atoms with Crippen molar-refractivity contribution in [2.24, 2.45) is 5.10 Å². The third-order valence-corrected chi connectivity index (χ3v) is 4.43. The standard InChI is InChI=1S/C20H21N3O2/c1-13-7-9-16(10-8-13)23-19(24)12-11-18(22-23)20(25)21-17-6-4-5-14(2)15(17)3/h4-10H,11-12H2,1-3H3,(H,21,25). The second kappa shape index (κ2) is 6.89. The molecule has 1 N–H and O–H groups in total. The van der Waals surface area contributed by atoms with Crippen molar-refractivity contribution in [2.75, 3.05) is 10.3 Å². The van der Waals surface area contributed by atoms with Crippen LogP contribution in [0.25, 0.3) is 0 Å².